The molecule has 4 rings (SSSR count). The Morgan fingerprint density at radius 3 is 2.33 bits per heavy atom. The average Bonchev–Trinajstić information content (AvgIpc) is 3.21. The fourth-order valence-electron chi connectivity index (χ4n) is 2.93. The van der Waals surface area contributed by atoms with Crippen molar-refractivity contribution in [3.05, 3.63) is 76.5 Å². The molecular weight excluding hydrogens is 306 g/mol. The molecule has 6 nitrogen and oxygen atoms in total. The molecule has 1 aliphatic heterocycles. The molecule has 1 heterocycles. The minimum absolute atomic E-state index is 0.218. The lowest BCUT2D eigenvalue weighted by Crippen LogP contribution is -2.12. The summed E-state index contributed by atoms with van der Waals surface area (Å²) in [5, 5.41) is 11.7. The monoisotopic (exact) mass is 317 g/mol. The topological polar surface area (TPSA) is 80.5 Å². The van der Waals surface area contributed by atoms with Gasteiger partial charge in [0.05, 0.1) is 18.2 Å². The molecule has 0 amide bonds. The fourth-order valence-corrected chi connectivity index (χ4v) is 2.93. The van der Waals surface area contributed by atoms with Crippen molar-refractivity contribution in [3.63, 3.8) is 0 Å². The van der Waals surface area contributed by atoms with Crippen LogP contribution in [0.15, 0.2) is 69.7 Å². The summed E-state index contributed by atoms with van der Waals surface area (Å²) < 4.78 is 4.77. The molecule has 0 atom stereocenters. The van der Waals surface area contributed by atoms with Crippen molar-refractivity contribution in [1.29, 1.82) is 0 Å². The number of nitrogens with zero attached hydrogens (tertiary/aromatic N) is 3. The Bertz CT molecular complexity index is 987. The number of carbonyl (C=O) groups is 2. The summed E-state index contributed by atoms with van der Waals surface area (Å²) >= 11 is 0. The second-order valence-electron chi connectivity index (χ2n) is 5.27. The van der Waals surface area contributed by atoms with Gasteiger partial charge in [0.2, 0.25) is 0 Å². The number of hydrogen-bond donors (Lipinski definition) is 0. The van der Waals surface area contributed by atoms with Crippen LogP contribution in [0.1, 0.15) is 31.8 Å². The summed E-state index contributed by atoms with van der Waals surface area (Å²) in [5.41, 5.74) is 3.49. The molecule has 0 fully saturated rings. The number of fused-ring (bicyclic) bond motifs is 3. The van der Waals surface area contributed by atoms with Gasteiger partial charge < -0.3 is 4.74 Å². The van der Waals surface area contributed by atoms with Crippen molar-refractivity contribution in [2.75, 3.05) is 7.11 Å². The maximum absolute atomic E-state index is 13.2. The molecule has 0 spiro atoms. The minimum Gasteiger partial charge on any atom is -0.465 e. The molecule has 0 unspecified atom stereocenters. The van der Waals surface area contributed by atoms with Crippen LogP contribution in [-0.2, 0) is 4.74 Å². The number of methoxy groups -OCH3 is 1. The molecule has 1 aliphatic carbocycles. The fraction of sp³-hybridized carbons (Fsp3) is 0.0556. The van der Waals surface area contributed by atoms with Crippen LogP contribution < -0.4 is 0 Å². The lowest BCUT2D eigenvalue weighted by molar-refractivity contribution is 0.0597. The average molecular weight is 317 g/mol. The smallest absolute Gasteiger partial charge is 0.338 e. The van der Waals surface area contributed by atoms with Gasteiger partial charge >= 0.3 is 5.97 Å². The Morgan fingerprint density at radius 1 is 0.917 bits per heavy atom. The van der Waals surface area contributed by atoms with E-state index < -0.39 is 5.97 Å². The van der Waals surface area contributed by atoms with Crippen LogP contribution in [0.25, 0.3) is 5.57 Å². The molecular formula is C18H11N3O3. The molecule has 0 aromatic heterocycles. The van der Waals surface area contributed by atoms with E-state index >= 15 is 0 Å². The lowest BCUT2D eigenvalue weighted by Gasteiger charge is -2.09. The van der Waals surface area contributed by atoms with E-state index in [2.05, 4.69) is 15.4 Å². The molecule has 0 saturated carbocycles. The van der Waals surface area contributed by atoms with Gasteiger partial charge in [0, 0.05) is 11.1 Å². The van der Waals surface area contributed by atoms with Crippen molar-refractivity contribution in [2.24, 2.45) is 15.4 Å². The predicted molar refractivity (Wildman–Crippen MR) is 86.9 cm³/mol. The Hall–Kier alpha value is -3.41. The van der Waals surface area contributed by atoms with Crippen molar-refractivity contribution in [1.82, 2.24) is 0 Å². The van der Waals surface area contributed by atoms with Crippen LogP contribution >= 0.6 is 0 Å². The summed E-state index contributed by atoms with van der Waals surface area (Å²) in [4.78, 5) is 25.1. The molecule has 24 heavy (non-hydrogen) atoms. The number of esters is 1. The zero-order valence-electron chi connectivity index (χ0n) is 12.7. The van der Waals surface area contributed by atoms with E-state index in [0.717, 1.165) is 11.1 Å². The van der Waals surface area contributed by atoms with Crippen molar-refractivity contribution >= 4 is 23.0 Å². The van der Waals surface area contributed by atoms with E-state index in [1.807, 2.05) is 24.3 Å². The highest BCUT2D eigenvalue weighted by Gasteiger charge is 2.35. The normalized spacial score (nSPS) is 14.3. The Labute approximate surface area is 137 Å². The van der Waals surface area contributed by atoms with Gasteiger partial charge in [-0.05, 0) is 16.9 Å². The van der Waals surface area contributed by atoms with Gasteiger partial charge in [0.1, 0.15) is 11.4 Å². The van der Waals surface area contributed by atoms with E-state index in [0.29, 0.717) is 17.0 Å². The van der Waals surface area contributed by atoms with Crippen LogP contribution in [0.5, 0.6) is 0 Å². The van der Waals surface area contributed by atoms with Crippen molar-refractivity contribution in [3.8, 4) is 0 Å². The highest BCUT2D eigenvalue weighted by molar-refractivity contribution is 6.41. The van der Waals surface area contributed by atoms with Crippen molar-refractivity contribution in [2.45, 2.75) is 0 Å². The van der Waals surface area contributed by atoms with Gasteiger partial charge in [-0.2, -0.15) is 0 Å². The molecule has 116 valence electrons. The molecule has 2 aliphatic rings. The number of ether oxygens (including phenoxy) is 1. The van der Waals surface area contributed by atoms with Crippen LogP contribution in [0.2, 0.25) is 0 Å². The second-order valence-corrected chi connectivity index (χ2v) is 5.27. The van der Waals surface area contributed by atoms with Gasteiger partial charge in [0.15, 0.2) is 5.78 Å². The van der Waals surface area contributed by atoms with Gasteiger partial charge in [-0.1, -0.05) is 42.5 Å². The molecule has 0 saturated heterocycles. The summed E-state index contributed by atoms with van der Waals surface area (Å²) in [6.07, 6.45) is 0. The van der Waals surface area contributed by atoms with Gasteiger partial charge in [-0.3, -0.25) is 4.79 Å². The summed E-state index contributed by atoms with van der Waals surface area (Å²) in [6.45, 7) is 0. The van der Waals surface area contributed by atoms with E-state index in [1.165, 1.54) is 7.11 Å². The first-order valence-corrected chi connectivity index (χ1v) is 7.27. The first-order chi connectivity index (χ1) is 11.7. The number of carbonyl (C=O) groups excluding carboxylic acids is 2. The number of ketones is 1. The van der Waals surface area contributed by atoms with Gasteiger partial charge in [-0.15, -0.1) is 10.2 Å². The first-order valence-electron chi connectivity index (χ1n) is 7.27. The second kappa shape index (κ2) is 5.34. The predicted octanol–water partition coefficient (Wildman–Crippen LogP) is 3.25. The maximum Gasteiger partial charge on any atom is 0.338 e. The highest BCUT2D eigenvalue weighted by atomic mass is 16.5. The van der Waals surface area contributed by atoms with Gasteiger partial charge in [0.25, 0.3) is 0 Å². The molecule has 0 bridgehead atoms. The van der Waals surface area contributed by atoms with E-state index in [9.17, 15) is 9.59 Å². The van der Waals surface area contributed by atoms with E-state index in [-0.39, 0.29) is 16.9 Å². The minimum atomic E-state index is -0.558. The summed E-state index contributed by atoms with van der Waals surface area (Å²) in [7, 11) is 1.28. The van der Waals surface area contributed by atoms with Crippen LogP contribution in [0, 0.1) is 0 Å². The number of rotatable bonds is 3. The third kappa shape index (κ3) is 1.93. The summed E-state index contributed by atoms with van der Waals surface area (Å²) in [5.74, 6) is -0.859. The molecule has 0 radical (unpaired) electrons. The van der Waals surface area contributed by atoms with Crippen molar-refractivity contribution < 1.29 is 14.3 Å². The van der Waals surface area contributed by atoms with Crippen LogP contribution in [-0.4, -0.2) is 24.6 Å². The number of hydrogen-bond acceptors (Lipinski definition) is 6. The lowest BCUT2D eigenvalue weighted by atomic mass is 9.94. The Kier molecular flexibility index (Phi) is 3.16. The molecule has 2 aromatic rings. The zero-order chi connectivity index (χ0) is 16.7. The van der Waals surface area contributed by atoms with Crippen LogP contribution in [0.4, 0.5) is 0 Å². The number of benzene rings is 2. The molecule has 0 N–H and O–H groups in total. The molecule has 2 aromatic carbocycles. The standard InChI is InChI=1S/C18H11N3O3/c1-24-18(23)13-9-5-4-8-12(13)17(22)14-10-6-2-3-7-11(10)15-16(14)20-21-19-15/h2-9H,1H3. The van der Waals surface area contributed by atoms with Gasteiger partial charge in [-0.25, -0.2) is 4.79 Å². The maximum atomic E-state index is 13.2. The molecule has 6 heteroatoms. The zero-order valence-corrected chi connectivity index (χ0v) is 12.7. The largest absolute Gasteiger partial charge is 0.465 e. The Balaban J connectivity index is 1.90. The van der Waals surface area contributed by atoms with E-state index in [4.69, 9.17) is 4.74 Å². The third-order valence-corrected chi connectivity index (χ3v) is 4.01. The van der Waals surface area contributed by atoms with E-state index in [1.54, 1.807) is 24.3 Å². The third-order valence-electron chi connectivity index (χ3n) is 4.01. The Morgan fingerprint density at radius 2 is 1.58 bits per heavy atom. The SMILES string of the molecule is COC(=O)c1ccccc1C(=O)C1=C2N=NN=C2c2ccccc21. The summed E-state index contributed by atoms with van der Waals surface area (Å²) in [6, 6.07) is 14.0. The number of allylic oxidation sites excluding steroid dienone is 2. The highest BCUT2D eigenvalue weighted by Crippen LogP contribution is 2.38. The number of Topliss-reactive ketones (excluding diaryl/α,β-unsaturated/α-hetero) is 1. The van der Waals surface area contributed by atoms with Crippen LogP contribution in [0.3, 0.4) is 0 Å². The quantitative estimate of drug-likeness (QED) is 0.643. The first kappa shape index (κ1) is 14.2.